The predicted molar refractivity (Wildman–Crippen MR) is 97.4 cm³/mol. The topological polar surface area (TPSA) is 55.1 Å². The lowest BCUT2D eigenvalue weighted by Crippen LogP contribution is -2.28. The molecular formula is C19H25N5. The normalized spacial score (nSPS) is 12.5. The molecule has 5 nitrogen and oxygen atoms in total. The molecular weight excluding hydrogens is 298 g/mol. The van der Waals surface area contributed by atoms with E-state index < -0.39 is 0 Å². The Morgan fingerprint density at radius 3 is 2.29 bits per heavy atom. The van der Waals surface area contributed by atoms with Crippen LogP contribution < -0.4 is 5.32 Å². The fourth-order valence-electron chi connectivity index (χ4n) is 2.71. The van der Waals surface area contributed by atoms with Gasteiger partial charge in [0.2, 0.25) is 0 Å². The molecule has 0 spiro atoms. The molecule has 5 heteroatoms. The molecule has 0 aliphatic heterocycles. The van der Waals surface area contributed by atoms with E-state index in [9.17, 15) is 0 Å². The Balaban J connectivity index is 1.77. The maximum Gasteiger partial charge on any atom is 0.175 e. The minimum atomic E-state index is -0.0147. The fourth-order valence-corrected chi connectivity index (χ4v) is 2.71. The van der Waals surface area contributed by atoms with Crippen molar-refractivity contribution in [3.05, 3.63) is 54.1 Å². The van der Waals surface area contributed by atoms with Crippen LogP contribution in [-0.2, 0) is 10.8 Å². The van der Waals surface area contributed by atoms with E-state index in [1.54, 1.807) is 23.2 Å². The summed E-state index contributed by atoms with van der Waals surface area (Å²) >= 11 is 0. The van der Waals surface area contributed by atoms with Gasteiger partial charge in [0.15, 0.2) is 5.65 Å². The molecule has 0 radical (unpaired) electrons. The van der Waals surface area contributed by atoms with Crippen LogP contribution in [0, 0.1) is 0 Å². The zero-order chi connectivity index (χ0) is 17.4. The van der Waals surface area contributed by atoms with Crippen molar-refractivity contribution in [2.45, 2.75) is 45.4 Å². The summed E-state index contributed by atoms with van der Waals surface area (Å²) in [6.45, 7) is 12.0. The Labute approximate surface area is 143 Å². The number of nitrogens with one attached hydrogen (secondary N) is 1. The first-order valence-corrected chi connectivity index (χ1v) is 8.26. The van der Waals surface area contributed by atoms with E-state index >= 15 is 0 Å². The van der Waals surface area contributed by atoms with Crippen molar-refractivity contribution in [3.8, 4) is 0 Å². The number of nitrogens with zero attached hydrogens (tertiary/aromatic N) is 4. The SMILES string of the molecule is CC(C)(C)c1ccc(C(C)(C)CNc2cncc3ncnn23)cc1. The van der Waals surface area contributed by atoms with Crippen LogP contribution in [0.2, 0.25) is 0 Å². The number of hydrogen-bond acceptors (Lipinski definition) is 4. The number of aromatic nitrogens is 4. The lowest BCUT2D eigenvalue weighted by atomic mass is 9.81. The van der Waals surface area contributed by atoms with Crippen LogP contribution in [0.15, 0.2) is 43.0 Å². The summed E-state index contributed by atoms with van der Waals surface area (Å²) in [5.74, 6) is 0.851. The van der Waals surface area contributed by atoms with Crippen molar-refractivity contribution in [2.75, 3.05) is 11.9 Å². The lowest BCUT2D eigenvalue weighted by Gasteiger charge is -2.27. The van der Waals surface area contributed by atoms with Gasteiger partial charge in [-0.1, -0.05) is 58.9 Å². The molecule has 126 valence electrons. The van der Waals surface area contributed by atoms with Gasteiger partial charge in [0.05, 0.1) is 12.4 Å². The first kappa shape index (κ1) is 16.4. The average molecular weight is 323 g/mol. The van der Waals surface area contributed by atoms with Crippen molar-refractivity contribution >= 4 is 11.5 Å². The first-order valence-electron chi connectivity index (χ1n) is 8.26. The van der Waals surface area contributed by atoms with Gasteiger partial charge in [-0.3, -0.25) is 4.98 Å². The molecule has 0 fully saturated rings. The summed E-state index contributed by atoms with van der Waals surface area (Å²) in [7, 11) is 0. The Bertz CT molecular complexity index is 825. The van der Waals surface area contributed by atoms with Crippen molar-refractivity contribution < 1.29 is 0 Å². The molecule has 0 aliphatic carbocycles. The van der Waals surface area contributed by atoms with Crippen LogP contribution in [0.1, 0.15) is 45.7 Å². The zero-order valence-electron chi connectivity index (χ0n) is 15.0. The fraction of sp³-hybridized carbons (Fsp3) is 0.421. The maximum absolute atomic E-state index is 4.23. The van der Waals surface area contributed by atoms with Crippen molar-refractivity contribution in [3.63, 3.8) is 0 Å². The highest BCUT2D eigenvalue weighted by Crippen LogP contribution is 2.28. The van der Waals surface area contributed by atoms with E-state index in [-0.39, 0.29) is 10.8 Å². The van der Waals surface area contributed by atoms with E-state index in [0.29, 0.717) is 0 Å². The summed E-state index contributed by atoms with van der Waals surface area (Å²) in [5.41, 5.74) is 3.56. The summed E-state index contributed by atoms with van der Waals surface area (Å²) in [4.78, 5) is 8.38. The van der Waals surface area contributed by atoms with Crippen molar-refractivity contribution in [1.29, 1.82) is 0 Å². The molecule has 0 saturated heterocycles. The van der Waals surface area contributed by atoms with Gasteiger partial charge in [-0.25, -0.2) is 4.98 Å². The average Bonchev–Trinajstić information content (AvgIpc) is 3.01. The highest BCUT2D eigenvalue weighted by Gasteiger charge is 2.22. The molecule has 0 bridgehead atoms. The van der Waals surface area contributed by atoms with Crippen LogP contribution in [0.25, 0.3) is 5.65 Å². The molecule has 0 saturated carbocycles. The Hall–Kier alpha value is -2.43. The first-order chi connectivity index (χ1) is 11.3. The highest BCUT2D eigenvalue weighted by atomic mass is 15.3. The largest absolute Gasteiger partial charge is 0.368 e. The molecule has 2 heterocycles. The van der Waals surface area contributed by atoms with Gasteiger partial charge in [0, 0.05) is 12.0 Å². The summed E-state index contributed by atoms with van der Waals surface area (Å²) < 4.78 is 1.77. The van der Waals surface area contributed by atoms with E-state index in [1.807, 2.05) is 0 Å². The molecule has 24 heavy (non-hydrogen) atoms. The van der Waals surface area contributed by atoms with Gasteiger partial charge in [0.1, 0.15) is 12.1 Å². The van der Waals surface area contributed by atoms with Crippen LogP contribution in [0.3, 0.4) is 0 Å². The second-order valence-corrected chi connectivity index (χ2v) is 7.89. The van der Waals surface area contributed by atoms with Gasteiger partial charge in [-0.15, -0.1) is 0 Å². The number of anilines is 1. The lowest BCUT2D eigenvalue weighted by molar-refractivity contribution is 0.551. The number of hydrogen-bond donors (Lipinski definition) is 1. The molecule has 0 atom stereocenters. The van der Waals surface area contributed by atoms with Crippen LogP contribution in [-0.4, -0.2) is 26.1 Å². The minimum Gasteiger partial charge on any atom is -0.368 e. The highest BCUT2D eigenvalue weighted by molar-refractivity contribution is 5.45. The van der Waals surface area contributed by atoms with Gasteiger partial charge < -0.3 is 5.32 Å². The molecule has 1 N–H and O–H groups in total. The van der Waals surface area contributed by atoms with E-state index in [0.717, 1.165) is 18.0 Å². The van der Waals surface area contributed by atoms with Crippen molar-refractivity contribution in [2.24, 2.45) is 0 Å². The van der Waals surface area contributed by atoms with Crippen LogP contribution >= 0.6 is 0 Å². The molecule has 3 rings (SSSR count). The summed E-state index contributed by atoms with van der Waals surface area (Å²) in [5, 5.41) is 7.69. The maximum atomic E-state index is 4.23. The third-order valence-corrected chi connectivity index (χ3v) is 4.43. The molecule has 2 aromatic heterocycles. The number of benzene rings is 1. The van der Waals surface area contributed by atoms with Gasteiger partial charge >= 0.3 is 0 Å². The smallest absolute Gasteiger partial charge is 0.175 e. The third-order valence-electron chi connectivity index (χ3n) is 4.43. The number of rotatable bonds is 4. The monoisotopic (exact) mass is 323 g/mol. The van der Waals surface area contributed by atoms with Gasteiger partial charge in [-0.05, 0) is 16.5 Å². The van der Waals surface area contributed by atoms with Gasteiger partial charge in [-0.2, -0.15) is 9.61 Å². The van der Waals surface area contributed by atoms with Crippen LogP contribution in [0.5, 0.6) is 0 Å². The van der Waals surface area contributed by atoms with Crippen molar-refractivity contribution in [1.82, 2.24) is 19.6 Å². The van der Waals surface area contributed by atoms with E-state index in [1.165, 1.54) is 11.1 Å². The standard InChI is InChI=1S/C19H25N5/c1-18(2,3)14-6-8-15(9-7-14)19(4,5)12-21-16-10-20-11-17-22-13-23-24(16)17/h6-11,13,21H,12H2,1-5H3. The summed E-state index contributed by atoms with van der Waals surface area (Å²) in [6, 6.07) is 8.93. The minimum absolute atomic E-state index is 0.0147. The molecule has 0 amide bonds. The molecule has 1 aromatic carbocycles. The summed E-state index contributed by atoms with van der Waals surface area (Å²) in [6.07, 6.45) is 5.02. The van der Waals surface area contributed by atoms with Crippen LogP contribution in [0.4, 0.5) is 5.82 Å². The Kier molecular flexibility index (Phi) is 4.03. The zero-order valence-corrected chi connectivity index (χ0v) is 15.0. The second kappa shape index (κ2) is 5.89. The predicted octanol–water partition coefficient (Wildman–Crippen LogP) is 3.81. The molecule has 0 unspecified atom stereocenters. The second-order valence-electron chi connectivity index (χ2n) is 7.89. The quantitative estimate of drug-likeness (QED) is 0.793. The molecule has 0 aliphatic rings. The Morgan fingerprint density at radius 1 is 0.958 bits per heavy atom. The van der Waals surface area contributed by atoms with Gasteiger partial charge in [0.25, 0.3) is 0 Å². The molecule has 3 aromatic rings. The third kappa shape index (κ3) is 3.25. The van der Waals surface area contributed by atoms with E-state index in [2.05, 4.69) is 79.3 Å². The Morgan fingerprint density at radius 2 is 1.62 bits per heavy atom. The van der Waals surface area contributed by atoms with E-state index in [4.69, 9.17) is 0 Å². The number of fused-ring (bicyclic) bond motifs is 1.